The molecule has 0 saturated carbocycles. The molecule has 8 nitrogen and oxygen atoms in total. The molecule has 0 radical (unpaired) electrons. The number of aromatic nitrogens is 2. The zero-order valence-electron chi connectivity index (χ0n) is 19.0. The summed E-state index contributed by atoms with van der Waals surface area (Å²) < 4.78 is 31.2. The minimum Gasteiger partial charge on any atom is -0.378 e. The van der Waals surface area contributed by atoms with Gasteiger partial charge in [0.15, 0.2) is 9.84 Å². The maximum atomic E-state index is 13.5. The lowest BCUT2D eigenvalue weighted by Crippen LogP contribution is -2.46. The number of rotatable bonds is 6. The Bertz CT molecular complexity index is 1060. The Labute approximate surface area is 190 Å². The predicted octanol–water partition coefficient (Wildman–Crippen LogP) is 1.89. The van der Waals surface area contributed by atoms with Gasteiger partial charge in [0.25, 0.3) is 0 Å². The zero-order valence-corrected chi connectivity index (χ0v) is 19.8. The van der Waals surface area contributed by atoms with Gasteiger partial charge in [-0.15, -0.1) is 0 Å². The molecule has 2 saturated heterocycles. The van der Waals surface area contributed by atoms with Crippen LogP contribution < -0.4 is 0 Å². The molecular weight excluding hydrogens is 428 g/mol. The van der Waals surface area contributed by atoms with E-state index in [-0.39, 0.29) is 23.5 Å². The van der Waals surface area contributed by atoms with Crippen molar-refractivity contribution in [3.05, 3.63) is 52.8 Å². The van der Waals surface area contributed by atoms with Gasteiger partial charge in [-0.2, -0.15) is 5.10 Å². The van der Waals surface area contributed by atoms with Crippen molar-refractivity contribution in [1.82, 2.24) is 19.6 Å². The van der Waals surface area contributed by atoms with Crippen LogP contribution in [0.5, 0.6) is 0 Å². The van der Waals surface area contributed by atoms with Crippen LogP contribution in [0.1, 0.15) is 41.0 Å². The second-order valence-corrected chi connectivity index (χ2v) is 11.0. The molecule has 0 unspecified atom stereocenters. The lowest BCUT2D eigenvalue weighted by atomic mass is 10.0. The molecule has 0 bridgehead atoms. The van der Waals surface area contributed by atoms with Crippen LogP contribution in [-0.4, -0.2) is 78.8 Å². The van der Waals surface area contributed by atoms with Crippen LogP contribution in [0.25, 0.3) is 0 Å². The molecule has 3 heterocycles. The Hall–Kier alpha value is -2.23. The Morgan fingerprint density at radius 3 is 2.53 bits per heavy atom. The number of nitrogens with zero attached hydrogens (tertiary/aromatic N) is 4. The first-order chi connectivity index (χ1) is 15.3. The summed E-state index contributed by atoms with van der Waals surface area (Å²) in [5, 5.41) is 4.69. The smallest absolute Gasteiger partial charge is 0.244 e. The second-order valence-electron chi connectivity index (χ2n) is 8.82. The van der Waals surface area contributed by atoms with Crippen molar-refractivity contribution in [3.8, 4) is 0 Å². The van der Waals surface area contributed by atoms with Crippen molar-refractivity contribution < 1.29 is 17.9 Å². The summed E-state index contributed by atoms with van der Waals surface area (Å²) in [5.41, 5.74) is 3.86. The molecule has 32 heavy (non-hydrogen) atoms. The quantitative estimate of drug-likeness (QED) is 0.655. The van der Waals surface area contributed by atoms with Gasteiger partial charge in [0.05, 0.1) is 36.5 Å². The first-order valence-electron chi connectivity index (χ1n) is 11.1. The van der Waals surface area contributed by atoms with Gasteiger partial charge in [-0.3, -0.25) is 14.4 Å². The van der Waals surface area contributed by atoms with E-state index in [4.69, 9.17) is 9.84 Å². The minimum atomic E-state index is -2.99. The van der Waals surface area contributed by atoms with Gasteiger partial charge in [-0.1, -0.05) is 30.3 Å². The Morgan fingerprint density at radius 2 is 1.91 bits per heavy atom. The molecule has 2 aliphatic rings. The van der Waals surface area contributed by atoms with Crippen LogP contribution in [0.4, 0.5) is 0 Å². The number of ether oxygens (including phenoxy) is 1. The van der Waals surface area contributed by atoms with E-state index in [9.17, 15) is 13.2 Å². The van der Waals surface area contributed by atoms with Gasteiger partial charge in [0, 0.05) is 30.9 Å². The minimum absolute atomic E-state index is 0.0755. The first-order valence-corrected chi connectivity index (χ1v) is 13.0. The van der Waals surface area contributed by atoms with E-state index in [1.807, 2.05) is 60.8 Å². The lowest BCUT2D eigenvalue weighted by Gasteiger charge is -2.34. The number of sulfone groups is 1. The number of likely N-dealkylation sites (N-methyl/N-ethyl adjacent to an activating group) is 1. The maximum Gasteiger partial charge on any atom is 0.244 e. The van der Waals surface area contributed by atoms with Crippen LogP contribution in [0.2, 0.25) is 0 Å². The summed E-state index contributed by atoms with van der Waals surface area (Å²) in [5.74, 6) is 0.438. The van der Waals surface area contributed by atoms with Crippen LogP contribution in [0, 0.1) is 13.8 Å². The molecule has 1 aromatic heterocycles. The third-order valence-electron chi connectivity index (χ3n) is 6.55. The number of morpholine rings is 1. The van der Waals surface area contributed by atoms with Crippen molar-refractivity contribution in [2.24, 2.45) is 0 Å². The largest absolute Gasteiger partial charge is 0.378 e. The van der Waals surface area contributed by atoms with Crippen LogP contribution in [0.3, 0.4) is 0 Å². The van der Waals surface area contributed by atoms with E-state index >= 15 is 0 Å². The monoisotopic (exact) mass is 460 g/mol. The summed E-state index contributed by atoms with van der Waals surface area (Å²) in [7, 11) is -1.03. The molecule has 2 atom stereocenters. The zero-order chi connectivity index (χ0) is 22.9. The van der Waals surface area contributed by atoms with Gasteiger partial charge in [-0.05, 0) is 32.9 Å². The molecule has 174 valence electrons. The van der Waals surface area contributed by atoms with Crippen molar-refractivity contribution in [2.45, 2.75) is 38.9 Å². The number of hydrogen-bond donors (Lipinski definition) is 0. The highest BCUT2D eigenvalue weighted by atomic mass is 32.2. The average Bonchev–Trinajstić information content (AvgIpc) is 3.28. The van der Waals surface area contributed by atoms with Crippen molar-refractivity contribution in [2.75, 3.05) is 44.9 Å². The molecule has 0 aliphatic carbocycles. The topological polar surface area (TPSA) is 84.7 Å². The number of amides is 1. The third kappa shape index (κ3) is 4.74. The fourth-order valence-corrected chi connectivity index (χ4v) is 6.46. The highest BCUT2D eigenvalue weighted by molar-refractivity contribution is 7.91. The van der Waals surface area contributed by atoms with Crippen LogP contribution in [-0.2, 0) is 25.9 Å². The number of aryl methyl sites for hydroxylation is 1. The molecule has 0 N–H and O–H groups in total. The molecular formula is C23H32N4O4S. The standard InChI is InChI=1S/C23H32N4O4S/c1-17-21(18(2)27(24-17)20-9-14-32(29,30)16-20)15-25(3)22(19-7-5-4-6-8-19)23(28)26-10-12-31-13-11-26/h4-8,20,22H,9-16H2,1-3H3/t20-,22+/m0/s1. The maximum absolute atomic E-state index is 13.5. The van der Waals surface area contributed by atoms with E-state index in [0.29, 0.717) is 39.3 Å². The molecule has 2 aromatic rings. The highest BCUT2D eigenvalue weighted by Crippen LogP contribution is 2.29. The summed E-state index contributed by atoms with van der Waals surface area (Å²) in [6.07, 6.45) is 0.599. The normalized spacial score (nSPS) is 21.8. The van der Waals surface area contributed by atoms with Crippen molar-refractivity contribution in [1.29, 1.82) is 0 Å². The van der Waals surface area contributed by atoms with Gasteiger partial charge in [0.2, 0.25) is 5.91 Å². The Balaban J connectivity index is 1.60. The Kier molecular flexibility index (Phi) is 6.69. The first kappa shape index (κ1) is 22.9. The van der Waals surface area contributed by atoms with Crippen LogP contribution in [0.15, 0.2) is 30.3 Å². The van der Waals surface area contributed by atoms with Gasteiger partial charge < -0.3 is 9.64 Å². The SMILES string of the molecule is Cc1nn([C@H]2CCS(=O)(=O)C2)c(C)c1CN(C)[C@@H](C(=O)N1CCOCC1)c1ccccc1. The summed E-state index contributed by atoms with van der Waals surface area (Å²) in [4.78, 5) is 17.5. The van der Waals surface area contributed by atoms with Gasteiger partial charge >= 0.3 is 0 Å². The molecule has 1 aromatic carbocycles. The van der Waals surface area contributed by atoms with E-state index in [1.54, 1.807) is 0 Å². The molecule has 1 amide bonds. The number of benzene rings is 1. The van der Waals surface area contributed by atoms with Crippen molar-refractivity contribution >= 4 is 15.7 Å². The molecule has 2 aliphatic heterocycles. The lowest BCUT2D eigenvalue weighted by molar-refractivity contribution is -0.141. The summed E-state index contributed by atoms with van der Waals surface area (Å²) >= 11 is 0. The number of carbonyl (C=O) groups excluding carboxylic acids is 1. The highest BCUT2D eigenvalue weighted by Gasteiger charge is 2.34. The summed E-state index contributed by atoms with van der Waals surface area (Å²) in [6.45, 7) is 6.82. The average molecular weight is 461 g/mol. The molecule has 9 heteroatoms. The van der Waals surface area contributed by atoms with E-state index in [1.165, 1.54) is 0 Å². The fourth-order valence-electron chi connectivity index (χ4n) is 4.77. The fraction of sp³-hybridized carbons (Fsp3) is 0.565. The molecule has 0 spiro atoms. The second kappa shape index (κ2) is 9.33. The summed E-state index contributed by atoms with van der Waals surface area (Å²) in [6, 6.07) is 9.32. The Morgan fingerprint density at radius 1 is 1.22 bits per heavy atom. The van der Waals surface area contributed by atoms with Crippen LogP contribution >= 0.6 is 0 Å². The van der Waals surface area contributed by atoms with Gasteiger partial charge in [-0.25, -0.2) is 8.42 Å². The molecule has 2 fully saturated rings. The molecule has 4 rings (SSSR count). The van der Waals surface area contributed by atoms with Gasteiger partial charge in [0.1, 0.15) is 6.04 Å². The third-order valence-corrected chi connectivity index (χ3v) is 8.30. The van der Waals surface area contributed by atoms with E-state index in [0.717, 1.165) is 22.5 Å². The van der Waals surface area contributed by atoms with E-state index in [2.05, 4.69) is 4.90 Å². The number of hydrogen-bond acceptors (Lipinski definition) is 6. The van der Waals surface area contributed by atoms with E-state index < -0.39 is 15.9 Å². The predicted molar refractivity (Wildman–Crippen MR) is 122 cm³/mol. The van der Waals surface area contributed by atoms with Crippen molar-refractivity contribution in [3.63, 3.8) is 0 Å². The number of carbonyl (C=O) groups is 1.